The number of benzene rings is 1. The first-order valence-corrected chi connectivity index (χ1v) is 10.5. The van der Waals surface area contributed by atoms with Crippen LogP contribution in [0.3, 0.4) is 0 Å². The van der Waals surface area contributed by atoms with Gasteiger partial charge in [0.05, 0.1) is 22.6 Å². The summed E-state index contributed by atoms with van der Waals surface area (Å²) in [6.45, 7) is 3.07. The standard InChI is InChI=1S/C21H23N5O2S/c1-14-23-19(13-29-14)17-5-3-4-6-18(17)24-20(27)21(28)26-9-7-15(8-10-26)16-11-22-25(2)12-16/h3-6,11-13,15H,7-10H2,1-2H3,(H,24,27). The van der Waals surface area contributed by atoms with Gasteiger partial charge in [0.2, 0.25) is 0 Å². The van der Waals surface area contributed by atoms with Crippen LogP contribution in [0.25, 0.3) is 11.3 Å². The van der Waals surface area contributed by atoms with Crippen molar-refractivity contribution >= 4 is 28.8 Å². The molecule has 2 aromatic heterocycles. The molecule has 1 aliphatic heterocycles. The summed E-state index contributed by atoms with van der Waals surface area (Å²) in [6, 6.07) is 7.42. The molecule has 1 aliphatic rings. The van der Waals surface area contributed by atoms with Crippen molar-refractivity contribution in [3.63, 3.8) is 0 Å². The number of thiazole rings is 1. The van der Waals surface area contributed by atoms with E-state index in [-0.39, 0.29) is 0 Å². The third-order valence-electron chi connectivity index (χ3n) is 5.24. The van der Waals surface area contributed by atoms with E-state index < -0.39 is 11.8 Å². The average molecular weight is 410 g/mol. The molecule has 3 aromatic rings. The zero-order chi connectivity index (χ0) is 20.4. The summed E-state index contributed by atoms with van der Waals surface area (Å²) in [6.07, 6.45) is 5.57. The number of hydrogen-bond donors (Lipinski definition) is 1. The Labute approximate surface area is 173 Å². The van der Waals surface area contributed by atoms with E-state index in [2.05, 4.69) is 15.4 Å². The van der Waals surface area contributed by atoms with Crippen LogP contribution in [0.15, 0.2) is 42.0 Å². The molecule has 0 bridgehead atoms. The second-order valence-electron chi connectivity index (χ2n) is 7.27. The number of piperidine rings is 1. The summed E-state index contributed by atoms with van der Waals surface area (Å²) in [5.74, 6) is -0.715. The Morgan fingerprint density at radius 2 is 1.97 bits per heavy atom. The predicted octanol–water partition coefficient (Wildman–Crippen LogP) is 3.20. The lowest BCUT2D eigenvalue weighted by Crippen LogP contribution is -2.43. The van der Waals surface area contributed by atoms with Crippen LogP contribution < -0.4 is 5.32 Å². The lowest BCUT2D eigenvalue weighted by molar-refractivity contribution is -0.143. The SMILES string of the molecule is Cc1nc(-c2ccccc2NC(=O)C(=O)N2CCC(c3cnn(C)c3)CC2)cs1. The number of aryl methyl sites for hydroxylation is 2. The Kier molecular flexibility index (Phi) is 5.44. The van der Waals surface area contributed by atoms with Gasteiger partial charge in [0, 0.05) is 37.3 Å². The smallest absolute Gasteiger partial charge is 0.313 e. The van der Waals surface area contributed by atoms with E-state index in [1.165, 1.54) is 5.56 Å². The highest BCUT2D eigenvalue weighted by atomic mass is 32.1. The molecule has 1 saturated heterocycles. The Balaban J connectivity index is 1.40. The quantitative estimate of drug-likeness (QED) is 0.674. The normalized spacial score (nSPS) is 14.8. The van der Waals surface area contributed by atoms with Crippen LogP contribution in [0.4, 0.5) is 5.69 Å². The molecule has 0 aliphatic carbocycles. The first-order chi connectivity index (χ1) is 14.0. The number of nitrogens with one attached hydrogen (secondary N) is 1. The number of carbonyl (C=O) groups is 2. The highest BCUT2D eigenvalue weighted by Crippen LogP contribution is 2.30. The molecule has 0 spiro atoms. The third kappa shape index (κ3) is 4.22. The second kappa shape index (κ2) is 8.16. The monoisotopic (exact) mass is 409 g/mol. The third-order valence-corrected chi connectivity index (χ3v) is 6.02. The highest BCUT2D eigenvalue weighted by Gasteiger charge is 2.28. The van der Waals surface area contributed by atoms with Gasteiger partial charge in [-0.1, -0.05) is 18.2 Å². The van der Waals surface area contributed by atoms with Crippen molar-refractivity contribution in [3.05, 3.63) is 52.6 Å². The fourth-order valence-electron chi connectivity index (χ4n) is 3.69. The van der Waals surface area contributed by atoms with Crippen molar-refractivity contribution in [2.45, 2.75) is 25.7 Å². The summed E-state index contributed by atoms with van der Waals surface area (Å²) in [7, 11) is 1.90. The maximum atomic E-state index is 12.7. The lowest BCUT2D eigenvalue weighted by atomic mass is 9.91. The van der Waals surface area contributed by atoms with Crippen LogP contribution in [0, 0.1) is 6.92 Å². The molecule has 4 rings (SSSR count). The molecular formula is C21H23N5O2S. The summed E-state index contributed by atoms with van der Waals surface area (Å²) in [5.41, 5.74) is 3.40. The van der Waals surface area contributed by atoms with Crippen molar-refractivity contribution in [1.82, 2.24) is 19.7 Å². The van der Waals surface area contributed by atoms with E-state index >= 15 is 0 Å². The molecule has 0 radical (unpaired) electrons. The van der Waals surface area contributed by atoms with Crippen molar-refractivity contribution in [2.75, 3.05) is 18.4 Å². The summed E-state index contributed by atoms with van der Waals surface area (Å²) < 4.78 is 1.79. The minimum atomic E-state index is -0.607. The first-order valence-electron chi connectivity index (χ1n) is 9.61. The molecule has 0 unspecified atom stereocenters. The predicted molar refractivity (Wildman–Crippen MR) is 113 cm³/mol. The number of aromatic nitrogens is 3. The second-order valence-corrected chi connectivity index (χ2v) is 8.33. The number of anilines is 1. The zero-order valence-electron chi connectivity index (χ0n) is 16.5. The van der Waals surface area contributed by atoms with Gasteiger partial charge in [0.1, 0.15) is 0 Å². The van der Waals surface area contributed by atoms with E-state index in [9.17, 15) is 9.59 Å². The van der Waals surface area contributed by atoms with Crippen molar-refractivity contribution in [1.29, 1.82) is 0 Å². The number of rotatable bonds is 3. The van der Waals surface area contributed by atoms with Gasteiger partial charge < -0.3 is 10.2 Å². The zero-order valence-corrected chi connectivity index (χ0v) is 17.3. The Hall–Kier alpha value is -3.00. The summed E-state index contributed by atoms with van der Waals surface area (Å²) in [4.78, 5) is 31.4. The number of nitrogens with zero attached hydrogens (tertiary/aromatic N) is 4. The number of likely N-dealkylation sites (tertiary alicyclic amines) is 1. The molecule has 0 atom stereocenters. The van der Waals surface area contributed by atoms with Gasteiger partial charge in [-0.3, -0.25) is 14.3 Å². The summed E-state index contributed by atoms with van der Waals surface area (Å²) >= 11 is 1.55. The Morgan fingerprint density at radius 1 is 1.21 bits per heavy atom. The minimum absolute atomic E-state index is 0.379. The molecule has 2 amide bonds. The number of para-hydroxylation sites is 1. The molecule has 150 valence electrons. The number of carbonyl (C=O) groups excluding carboxylic acids is 2. The van der Waals surface area contributed by atoms with Gasteiger partial charge in [-0.05, 0) is 37.3 Å². The van der Waals surface area contributed by atoms with Crippen molar-refractivity contribution in [2.24, 2.45) is 7.05 Å². The van der Waals surface area contributed by atoms with E-state index in [1.807, 2.05) is 49.9 Å². The molecule has 1 N–H and O–H groups in total. The van der Waals surface area contributed by atoms with Gasteiger partial charge in [-0.15, -0.1) is 11.3 Å². The molecule has 3 heterocycles. The number of amides is 2. The Morgan fingerprint density at radius 3 is 2.62 bits per heavy atom. The fraction of sp³-hybridized carbons (Fsp3) is 0.333. The van der Waals surface area contributed by atoms with E-state index in [4.69, 9.17) is 0 Å². The molecule has 1 aromatic carbocycles. The molecule has 8 heteroatoms. The van der Waals surface area contributed by atoms with Crippen molar-refractivity contribution in [3.8, 4) is 11.3 Å². The van der Waals surface area contributed by atoms with E-state index in [1.54, 1.807) is 27.0 Å². The van der Waals surface area contributed by atoms with Crippen LogP contribution in [0.1, 0.15) is 29.3 Å². The van der Waals surface area contributed by atoms with Gasteiger partial charge in [-0.25, -0.2) is 4.98 Å². The van der Waals surface area contributed by atoms with Gasteiger partial charge >= 0.3 is 11.8 Å². The maximum Gasteiger partial charge on any atom is 0.313 e. The molecule has 7 nitrogen and oxygen atoms in total. The average Bonchev–Trinajstić information content (AvgIpc) is 3.36. The maximum absolute atomic E-state index is 12.7. The lowest BCUT2D eigenvalue weighted by Gasteiger charge is -2.31. The number of hydrogen-bond acceptors (Lipinski definition) is 5. The largest absolute Gasteiger partial charge is 0.334 e. The van der Waals surface area contributed by atoms with Crippen LogP contribution >= 0.6 is 11.3 Å². The van der Waals surface area contributed by atoms with Crippen LogP contribution in [-0.4, -0.2) is 44.6 Å². The highest BCUT2D eigenvalue weighted by molar-refractivity contribution is 7.09. The Bertz CT molecular complexity index is 1030. The van der Waals surface area contributed by atoms with E-state index in [0.29, 0.717) is 24.7 Å². The van der Waals surface area contributed by atoms with Crippen LogP contribution in [-0.2, 0) is 16.6 Å². The molecular weight excluding hydrogens is 386 g/mol. The van der Waals surface area contributed by atoms with Crippen LogP contribution in [0.2, 0.25) is 0 Å². The molecule has 29 heavy (non-hydrogen) atoms. The van der Waals surface area contributed by atoms with Crippen molar-refractivity contribution < 1.29 is 9.59 Å². The van der Waals surface area contributed by atoms with E-state index in [0.717, 1.165) is 29.1 Å². The topological polar surface area (TPSA) is 80.1 Å². The van der Waals surface area contributed by atoms with Gasteiger partial charge in [0.25, 0.3) is 0 Å². The van der Waals surface area contributed by atoms with Gasteiger partial charge in [-0.2, -0.15) is 5.10 Å². The van der Waals surface area contributed by atoms with Crippen LogP contribution in [0.5, 0.6) is 0 Å². The molecule has 0 saturated carbocycles. The summed E-state index contributed by atoms with van der Waals surface area (Å²) in [5, 5.41) is 9.91. The molecule has 1 fully saturated rings. The minimum Gasteiger partial charge on any atom is -0.334 e. The fourth-order valence-corrected chi connectivity index (χ4v) is 4.30. The van der Waals surface area contributed by atoms with Gasteiger partial charge in [0.15, 0.2) is 0 Å². The first kappa shape index (κ1) is 19.3.